The predicted molar refractivity (Wildman–Crippen MR) is 139 cm³/mol. The molecule has 5 heteroatoms. The third-order valence-corrected chi connectivity index (χ3v) is 9.13. The van der Waals surface area contributed by atoms with E-state index >= 15 is 0 Å². The lowest BCUT2D eigenvalue weighted by molar-refractivity contribution is -0.959. The number of aliphatic hydroxyl groups is 1. The molecule has 1 unspecified atom stereocenters. The number of piperidine rings is 3. The van der Waals surface area contributed by atoms with Crippen LogP contribution in [0.4, 0.5) is 0 Å². The topological polar surface area (TPSA) is 55.5 Å². The van der Waals surface area contributed by atoms with Gasteiger partial charge in [0.05, 0.1) is 25.9 Å². The maximum atomic E-state index is 12.2. The molecule has 4 fully saturated rings. The number of oxazole rings is 1. The molecule has 0 spiro atoms. The van der Waals surface area contributed by atoms with Gasteiger partial charge in [0.25, 0.3) is 0 Å². The Kier molecular flexibility index (Phi) is 6.72. The SMILES string of the molecule is O[C@](c1ccccc1)(c1ncc(C[N+]23CCC(CC2)C(OCc2ccccc2)C3)o1)C1CCCCC1. The number of hydrogen-bond donors (Lipinski definition) is 1. The lowest BCUT2D eigenvalue weighted by Crippen LogP contribution is -2.63. The first-order valence-electron chi connectivity index (χ1n) is 13.9. The molecule has 0 radical (unpaired) electrons. The molecule has 5 nitrogen and oxygen atoms in total. The van der Waals surface area contributed by atoms with Crippen molar-refractivity contribution in [3.63, 3.8) is 0 Å². The van der Waals surface area contributed by atoms with Crippen molar-refractivity contribution in [3.8, 4) is 0 Å². The van der Waals surface area contributed by atoms with Gasteiger partial charge in [-0.25, -0.2) is 4.98 Å². The van der Waals surface area contributed by atoms with E-state index in [1.54, 1.807) is 0 Å². The van der Waals surface area contributed by atoms with E-state index in [0.29, 0.717) is 24.5 Å². The molecule has 4 aliphatic rings. The monoisotopic (exact) mass is 487 g/mol. The number of hydrogen-bond acceptors (Lipinski definition) is 4. The minimum atomic E-state index is -1.17. The van der Waals surface area contributed by atoms with Crippen molar-refractivity contribution in [1.29, 1.82) is 0 Å². The van der Waals surface area contributed by atoms with Crippen molar-refractivity contribution >= 4 is 0 Å². The maximum Gasteiger partial charge on any atom is 0.231 e. The molecule has 36 heavy (non-hydrogen) atoms. The second kappa shape index (κ2) is 10.1. The Morgan fingerprint density at radius 2 is 1.61 bits per heavy atom. The minimum Gasteiger partial charge on any atom is -0.436 e. The summed E-state index contributed by atoms with van der Waals surface area (Å²) in [5.41, 5.74) is 0.963. The van der Waals surface area contributed by atoms with E-state index in [-0.39, 0.29) is 5.92 Å². The molecule has 1 N–H and O–H groups in total. The van der Waals surface area contributed by atoms with Crippen molar-refractivity contribution in [2.24, 2.45) is 11.8 Å². The average molecular weight is 488 g/mol. The third-order valence-electron chi connectivity index (χ3n) is 9.13. The first-order valence-corrected chi connectivity index (χ1v) is 13.9. The molecule has 2 atom stereocenters. The number of fused-ring (bicyclic) bond motifs is 3. The number of aromatic nitrogens is 1. The molecule has 0 amide bonds. The van der Waals surface area contributed by atoms with Crippen LogP contribution >= 0.6 is 0 Å². The fourth-order valence-electron chi connectivity index (χ4n) is 7.04. The van der Waals surface area contributed by atoms with Crippen LogP contribution in [-0.2, 0) is 23.5 Å². The van der Waals surface area contributed by atoms with Crippen LogP contribution < -0.4 is 0 Å². The fraction of sp³-hybridized carbons (Fsp3) is 0.516. The summed E-state index contributed by atoms with van der Waals surface area (Å²) in [6.45, 7) is 4.86. The van der Waals surface area contributed by atoms with E-state index in [0.717, 1.165) is 67.7 Å². The van der Waals surface area contributed by atoms with Gasteiger partial charge in [0.15, 0.2) is 11.4 Å². The molecule has 4 heterocycles. The average Bonchev–Trinajstić information content (AvgIpc) is 3.42. The highest BCUT2D eigenvalue weighted by molar-refractivity contribution is 5.30. The second-order valence-electron chi connectivity index (χ2n) is 11.4. The van der Waals surface area contributed by atoms with Crippen LogP contribution in [0.15, 0.2) is 71.3 Å². The standard InChI is InChI=1S/C31H39N2O3/c34-31(26-12-6-2-7-13-26,27-14-8-3-9-15-27)30-32-20-28(36-30)21-33-18-16-25(17-19-33)29(22-33)35-23-24-10-4-1-5-11-24/h1-2,4-7,10-13,20,25,27,29,34H,3,8-9,14-19,21-23H2/q+1/t25?,29?,31-,33?/m0/s1. The van der Waals surface area contributed by atoms with Gasteiger partial charge in [0, 0.05) is 24.7 Å². The molecule has 1 saturated carbocycles. The van der Waals surface area contributed by atoms with Gasteiger partial charge in [-0.15, -0.1) is 0 Å². The van der Waals surface area contributed by atoms with Crippen LogP contribution in [-0.4, -0.2) is 40.3 Å². The van der Waals surface area contributed by atoms with E-state index in [1.165, 1.54) is 24.8 Å². The van der Waals surface area contributed by atoms with E-state index < -0.39 is 5.60 Å². The Morgan fingerprint density at radius 3 is 2.33 bits per heavy atom. The van der Waals surface area contributed by atoms with Crippen molar-refractivity contribution in [3.05, 3.63) is 89.6 Å². The van der Waals surface area contributed by atoms with Gasteiger partial charge in [-0.2, -0.15) is 0 Å². The summed E-state index contributed by atoms with van der Waals surface area (Å²) in [4.78, 5) is 4.72. The van der Waals surface area contributed by atoms with E-state index in [9.17, 15) is 5.11 Å². The summed E-state index contributed by atoms with van der Waals surface area (Å²) < 4.78 is 13.9. The lowest BCUT2D eigenvalue weighted by Gasteiger charge is -2.52. The molecule has 1 aromatic heterocycles. The minimum absolute atomic E-state index is 0.133. The van der Waals surface area contributed by atoms with Crippen molar-refractivity contribution in [2.45, 2.75) is 69.8 Å². The zero-order valence-electron chi connectivity index (χ0n) is 21.2. The van der Waals surface area contributed by atoms with Crippen LogP contribution in [0.5, 0.6) is 0 Å². The smallest absolute Gasteiger partial charge is 0.231 e. The van der Waals surface area contributed by atoms with E-state index in [2.05, 4.69) is 30.3 Å². The maximum absolute atomic E-state index is 12.2. The predicted octanol–water partition coefficient (Wildman–Crippen LogP) is 5.82. The van der Waals surface area contributed by atoms with Crippen LogP contribution in [0, 0.1) is 11.8 Å². The second-order valence-corrected chi connectivity index (χ2v) is 11.4. The summed E-state index contributed by atoms with van der Waals surface area (Å²) in [5.74, 6) is 2.15. The molecular formula is C31H39N2O3+. The van der Waals surface area contributed by atoms with Gasteiger partial charge in [-0.1, -0.05) is 79.9 Å². The zero-order chi connectivity index (χ0) is 24.4. The van der Waals surface area contributed by atoms with Gasteiger partial charge in [-0.05, 0) is 24.0 Å². The Hall–Kier alpha value is -2.47. The summed E-state index contributed by atoms with van der Waals surface area (Å²) in [5, 5.41) is 12.2. The molecular weight excluding hydrogens is 448 g/mol. The van der Waals surface area contributed by atoms with Gasteiger partial charge < -0.3 is 18.7 Å². The summed E-state index contributed by atoms with van der Waals surface area (Å²) >= 11 is 0. The number of benzene rings is 2. The zero-order valence-corrected chi connectivity index (χ0v) is 21.2. The molecule has 2 bridgehead atoms. The Morgan fingerprint density at radius 1 is 0.917 bits per heavy atom. The Bertz CT molecular complexity index is 1120. The highest BCUT2D eigenvalue weighted by Gasteiger charge is 2.48. The highest BCUT2D eigenvalue weighted by Crippen LogP contribution is 2.44. The number of quaternary nitrogens is 1. The molecule has 1 aliphatic carbocycles. The summed E-state index contributed by atoms with van der Waals surface area (Å²) in [7, 11) is 0. The highest BCUT2D eigenvalue weighted by atomic mass is 16.5. The summed E-state index contributed by atoms with van der Waals surface area (Å²) in [6, 6.07) is 20.5. The molecule has 3 saturated heterocycles. The normalized spacial score (nSPS) is 28.1. The molecule has 190 valence electrons. The Labute approximate surface area is 214 Å². The number of rotatable bonds is 8. The van der Waals surface area contributed by atoms with Crippen LogP contribution in [0.2, 0.25) is 0 Å². The first-order chi connectivity index (χ1) is 17.6. The number of ether oxygens (including phenoxy) is 1. The fourth-order valence-corrected chi connectivity index (χ4v) is 7.04. The van der Waals surface area contributed by atoms with Gasteiger partial charge in [-0.3, -0.25) is 0 Å². The van der Waals surface area contributed by atoms with Crippen molar-refractivity contribution < 1.29 is 18.7 Å². The van der Waals surface area contributed by atoms with Gasteiger partial charge in [0.2, 0.25) is 5.89 Å². The summed E-state index contributed by atoms with van der Waals surface area (Å²) in [6.07, 6.45) is 10.1. The Balaban J connectivity index is 1.20. The molecule has 3 aliphatic heterocycles. The first kappa shape index (κ1) is 23.9. The van der Waals surface area contributed by atoms with Crippen LogP contribution in [0.1, 0.15) is 67.7 Å². The van der Waals surface area contributed by atoms with Gasteiger partial charge in [0.1, 0.15) is 19.2 Å². The third kappa shape index (κ3) is 4.65. The molecule has 7 rings (SSSR count). The molecule has 2 aromatic carbocycles. The van der Waals surface area contributed by atoms with Crippen LogP contribution in [0.3, 0.4) is 0 Å². The lowest BCUT2D eigenvalue weighted by atomic mass is 9.73. The van der Waals surface area contributed by atoms with Crippen LogP contribution in [0.25, 0.3) is 0 Å². The number of nitrogens with zero attached hydrogens (tertiary/aromatic N) is 2. The van der Waals surface area contributed by atoms with Crippen molar-refractivity contribution in [1.82, 2.24) is 4.98 Å². The molecule has 3 aromatic rings. The van der Waals surface area contributed by atoms with E-state index in [1.807, 2.05) is 36.5 Å². The van der Waals surface area contributed by atoms with E-state index in [4.69, 9.17) is 14.1 Å². The van der Waals surface area contributed by atoms with Crippen molar-refractivity contribution in [2.75, 3.05) is 19.6 Å². The van der Waals surface area contributed by atoms with Gasteiger partial charge >= 0.3 is 0 Å². The quantitative estimate of drug-likeness (QED) is 0.407. The largest absolute Gasteiger partial charge is 0.436 e.